The fraction of sp³-hybridized carbons (Fsp3) is 0.111. The van der Waals surface area contributed by atoms with E-state index in [1.807, 2.05) is 6.07 Å². The van der Waals surface area contributed by atoms with Crippen LogP contribution in [0, 0.1) is 0 Å². The molecule has 6 heteroatoms. The van der Waals surface area contributed by atoms with Crippen LogP contribution >= 0.6 is 0 Å². The summed E-state index contributed by atoms with van der Waals surface area (Å²) in [5.74, 6) is 0. The Labute approximate surface area is 186 Å². The third-order valence-electron chi connectivity index (χ3n) is 5.98. The van der Waals surface area contributed by atoms with Gasteiger partial charge in [0.1, 0.15) is 0 Å². The van der Waals surface area contributed by atoms with E-state index in [4.69, 9.17) is 0 Å². The number of hydrogen-bond donors (Lipinski definition) is 0. The number of benzene rings is 4. The smallest absolute Gasteiger partial charge is 0.166 e. The van der Waals surface area contributed by atoms with Crippen molar-refractivity contribution in [2.75, 3.05) is 0 Å². The van der Waals surface area contributed by atoms with Gasteiger partial charge in [-0.25, -0.2) is 0 Å². The van der Waals surface area contributed by atoms with Crippen LogP contribution in [0.2, 0.25) is 0 Å². The molecule has 33 heavy (non-hydrogen) atoms. The van der Waals surface area contributed by atoms with Crippen LogP contribution in [-0.2, 0) is 18.8 Å². The topological polar surface area (TPSA) is 0 Å². The maximum absolute atomic E-state index is 13.7. The van der Waals surface area contributed by atoms with Crippen LogP contribution in [0.15, 0.2) is 84.9 Å². The van der Waals surface area contributed by atoms with Crippen LogP contribution in [0.5, 0.6) is 0 Å². The molecule has 0 nitrogen and oxygen atoms in total. The molecule has 0 fully saturated rings. The number of hydrogen-bond acceptors (Lipinski definition) is 0. The molecule has 0 heterocycles. The van der Waals surface area contributed by atoms with Crippen LogP contribution < -0.4 is 0 Å². The maximum atomic E-state index is 13.7. The molecule has 0 bridgehead atoms. The molecule has 0 unspecified atom stereocenters. The summed E-state index contributed by atoms with van der Waals surface area (Å²) >= 11 is 0. The zero-order valence-corrected chi connectivity index (χ0v) is 17.1. The summed E-state index contributed by atoms with van der Waals surface area (Å²) in [6.07, 6.45) is -8.55. The predicted molar refractivity (Wildman–Crippen MR) is 116 cm³/mol. The molecule has 166 valence electrons. The van der Waals surface area contributed by atoms with Crippen molar-refractivity contribution in [2.24, 2.45) is 0 Å². The minimum atomic E-state index is -4.53. The molecule has 0 radical (unpaired) electrons. The van der Waals surface area contributed by atoms with Crippen molar-refractivity contribution in [1.29, 1.82) is 0 Å². The quantitative estimate of drug-likeness (QED) is 0.234. The Kier molecular flexibility index (Phi) is 4.85. The Bertz CT molecular complexity index is 1360. The van der Waals surface area contributed by atoms with Crippen LogP contribution in [0.3, 0.4) is 0 Å². The van der Waals surface area contributed by atoms with E-state index in [1.165, 1.54) is 30.3 Å². The SMILES string of the molecule is FC(F)(F)c1ccccc1-c1ccc2c(c1)-c1c(cccc1-c1ccccc1C(F)(F)F)C2. The lowest BCUT2D eigenvalue weighted by Gasteiger charge is -2.17. The van der Waals surface area contributed by atoms with Gasteiger partial charge in [0.2, 0.25) is 0 Å². The van der Waals surface area contributed by atoms with Crippen LogP contribution in [-0.4, -0.2) is 0 Å². The van der Waals surface area contributed by atoms with Gasteiger partial charge >= 0.3 is 12.4 Å². The third kappa shape index (κ3) is 3.69. The molecule has 0 spiro atoms. The average molecular weight is 454 g/mol. The molecular weight excluding hydrogens is 438 g/mol. The molecule has 0 N–H and O–H groups in total. The monoisotopic (exact) mass is 454 g/mol. The molecule has 0 saturated carbocycles. The summed E-state index contributed by atoms with van der Waals surface area (Å²) in [5, 5.41) is 0. The number of alkyl halides is 6. The van der Waals surface area contributed by atoms with Gasteiger partial charge in [0.25, 0.3) is 0 Å². The average Bonchev–Trinajstić information content (AvgIpc) is 3.16. The van der Waals surface area contributed by atoms with Crippen molar-refractivity contribution in [3.8, 4) is 33.4 Å². The van der Waals surface area contributed by atoms with E-state index in [9.17, 15) is 26.3 Å². The van der Waals surface area contributed by atoms with E-state index in [-0.39, 0.29) is 11.1 Å². The highest BCUT2D eigenvalue weighted by atomic mass is 19.4. The van der Waals surface area contributed by atoms with Gasteiger partial charge in [0.15, 0.2) is 0 Å². The summed E-state index contributed by atoms with van der Waals surface area (Å²) in [4.78, 5) is 0. The first-order valence-corrected chi connectivity index (χ1v) is 10.2. The molecule has 0 atom stereocenters. The van der Waals surface area contributed by atoms with Crippen LogP contribution in [0.4, 0.5) is 26.3 Å². The molecule has 4 aromatic rings. The van der Waals surface area contributed by atoms with Gasteiger partial charge < -0.3 is 0 Å². The molecule has 0 aromatic heterocycles. The van der Waals surface area contributed by atoms with Crippen LogP contribution in [0.25, 0.3) is 33.4 Å². The Morgan fingerprint density at radius 1 is 0.485 bits per heavy atom. The molecule has 4 aromatic carbocycles. The predicted octanol–water partition coefficient (Wildman–Crippen LogP) is 8.63. The lowest BCUT2D eigenvalue weighted by molar-refractivity contribution is -0.137. The second-order valence-electron chi connectivity index (χ2n) is 7.98. The van der Waals surface area contributed by atoms with Crippen molar-refractivity contribution in [3.05, 3.63) is 107 Å². The van der Waals surface area contributed by atoms with Crippen molar-refractivity contribution < 1.29 is 26.3 Å². The minimum Gasteiger partial charge on any atom is -0.166 e. The Morgan fingerprint density at radius 3 is 1.73 bits per heavy atom. The Hall–Kier alpha value is -3.54. The van der Waals surface area contributed by atoms with Gasteiger partial charge in [-0.05, 0) is 69.1 Å². The van der Waals surface area contributed by atoms with Gasteiger partial charge in [-0.15, -0.1) is 0 Å². The van der Waals surface area contributed by atoms with Crippen molar-refractivity contribution >= 4 is 0 Å². The highest BCUT2D eigenvalue weighted by Crippen LogP contribution is 2.47. The number of fused-ring (bicyclic) bond motifs is 3. The summed E-state index contributed by atoms with van der Waals surface area (Å²) < 4.78 is 81.9. The molecular formula is C27H16F6. The fourth-order valence-corrected chi connectivity index (χ4v) is 4.57. The Balaban J connectivity index is 1.72. The molecule has 0 saturated heterocycles. The highest BCUT2D eigenvalue weighted by Gasteiger charge is 2.35. The van der Waals surface area contributed by atoms with Crippen LogP contribution in [0.1, 0.15) is 22.3 Å². The molecule has 1 aliphatic rings. The zero-order valence-electron chi connectivity index (χ0n) is 17.1. The summed E-state index contributed by atoms with van der Waals surface area (Å²) in [5.41, 5.74) is 2.39. The van der Waals surface area contributed by atoms with E-state index in [0.29, 0.717) is 28.7 Å². The van der Waals surface area contributed by atoms with Gasteiger partial charge in [0, 0.05) is 0 Å². The van der Waals surface area contributed by atoms with Crippen molar-refractivity contribution in [1.82, 2.24) is 0 Å². The molecule has 0 aliphatic heterocycles. The highest BCUT2D eigenvalue weighted by molar-refractivity contribution is 5.93. The normalized spacial score (nSPS) is 13.0. The third-order valence-corrected chi connectivity index (χ3v) is 5.98. The molecule has 1 aliphatic carbocycles. The first-order valence-electron chi connectivity index (χ1n) is 10.2. The van der Waals surface area contributed by atoms with Gasteiger partial charge in [-0.2, -0.15) is 26.3 Å². The molecule has 5 rings (SSSR count). The minimum absolute atomic E-state index is 0.0365. The van der Waals surface area contributed by atoms with Crippen molar-refractivity contribution in [3.63, 3.8) is 0 Å². The summed E-state index contributed by atoms with van der Waals surface area (Å²) in [6, 6.07) is 20.9. The Morgan fingerprint density at radius 2 is 1.06 bits per heavy atom. The van der Waals surface area contributed by atoms with E-state index in [0.717, 1.165) is 23.3 Å². The lowest BCUT2D eigenvalue weighted by atomic mass is 9.90. The summed E-state index contributed by atoms with van der Waals surface area (Å²) in [7, 11) is 0. The second kappa shape index (κ2) is 7.51. The first-order chi connectivity index (χ1) is 15.6. The second-order valence-corrected chi connectivity index (χ2v) is 7.98. The first kappa shape index (κ1) is 21.3. The molecule has 0 amide bonds. The largest absolute Gasteiger partial charge is 0.417 e. The fourth-order valence-electron chi connectivity index (χ4n) is 4.57. The number of rotatable bonds is 2. The van der Waals surface area contributed by atoms with Gasteiger partial charge in [-0.3, -0.25) is 0 Å². The van der Waals surface area contributed by atoms with Crippen molar-refractivity contribution in [2.45, 2.75) is 18.8 Å². The maximum Gasteiger partial charge on any atom is 0.417 e. The van der Waals surface area contributed by atoms with E-state index in [1.54, 1.807) is 36.4 Å². The summed E-state index contributed by atoms with van der Waals surface area (Å²) in [6.45, 7) is 0. The number of halogens is 6. The zero-order chi connectivity index (χ0) is 23.4. The van der Waals surface area contributed by atoms with E-state index < -0.39 is 23.5 Å². The lowest BCUT2D eigenvalue weighted by Crippen LogP contribution is -2.07. The van der Waals surface area contributed by atoms with Gasteiger partial charge in [0.05, 0.1) is 11.1 Å². The standard InChI is InChI=1S/C27H16F6/c28-26(29,30)23-10-3-1-7-19(23)17-13-12-16-14-18-6-5-9-21(25(18)22(16)15-17)20-8-2-4-11-24(20)27(31,32)33/h1-13,15H,14H2. The van der Waals surface area contributed by atoms with E-state index in [2.05, 4.69) is 0 Å². The van der Waals surface area contributed by atoms with E-state index >= 15 is 0 Å². The van der Waals surface area contributed by atoms with Gasteiger partial charge in [-0.1, -0.05) is 66.7 Å².